The predicted octanol–water partition coefficient (Wildman–Crippen LogP) is 8.45. The van der Waals surface area contributed by atoms with Gasteiger partial charge in [0.15, 0.2) is 0 Å². The zero-order valence-electron chi connectivity index (χ0n) is 19.3. The Morgan fingerprint density at radius 3 is 2.39 bits per heavy atom. The molecule has 0 bridgehead atoms. The van der Waals surface area contributed by atoms with Crippen LogP contribution >= 0.6 is 46.6 Å². The van der Waals surface area contributed by atoms with Gasteiger partial charge in [0.2, 0.25) is 0 Å². The molecule has 2 amide bonds. The predicted molar refractivity (Wildman–Crippen MR) is 150 cm³/mol. The van der Waals surface area contributed by atoms with Crippen molar-refractivity contribution in [2.45, 2.75) is 26.4 Å². The molecule has 1 fully saturated rings. The molecule has 1 aliphatic heterocycles. The quantitative estimate of drug-likeness (QED) is 0.224. The van der Waals surface area contributed by atoms with Crippen molar-refractivity contribution < 1.29 is 9.59 Å². The molecule has 0 N–H and O–H groups in total. The molecular formula is C28H21Cl3N2O2S. The first kappa shape index (κ1) is 25.0. The third kappa shape index (κ3) is 4.81. The van der Waals surface area contributed by atoms with Crippen molar-refractivity contribution >= 4 is 74.7 Å². The van der Waals surface area contributed by atoms with Crippen LogP contribution in [0.1, 0.15) is 29.2 Å². The average Bonchev–Trinajstić information content (AvgIpc) is 3.34. The number of benzene rings is 3. The minimum Gasteiger partial charge on any atom is -0.342 e. The number of imide groups is 1. The number of thioether (sulfide) groups is 1. The minimum atomic E-state index is -0.324. The summed E-state index contributed by atoms with van der Waals surface area (Å²) < 4.78 is 2.17. The summed E-state index contributed by atoms with van der Waals surface area (Å²) in [5.74, 6) is -0.324. The van der Waals surface area contributed by atoms with E-state index in [1.807, 2.05) is 48.7 Å². The Labute approximate surface area is 228 Å². The Morgan fingerprint density at radius 1 is 0.861 bits per heavy atom. The molecule has 3 aromatic carbocycles. The van der Waals surface area contributed by atoms with Crippen molar-refractivity contribution in [2.24, 2.45) is 0 Å². The Hall–Kier alpha value is -2.70. The van der Waals surface area contributed by atoms with E-state index in [2.05, 4.69) is 17.6 Å². The summed E-state index contributed by atoms with van der Waals surface area (Å²) in [6, 6.07) is 19.0. The highest BCUT2D eigenvalue weighted by atomic mass is 35.5. The number of para-hydroxylation sites is 1. The van der Waals surface area contributed by atoms with Gasteiger partial charge in [-0.05, 0) is 59.1 Å². The Bertz CT molecular complexity index is 1540. The van der Waals surface area contributed by atoms with Crippen LogP contribution in [0.2, 0.25) is 15.1 Å². The number of aromatic nitrogens is 1. The lowest BCUT2D eigenvalue weighted by molar-refractivity contribution is -0.123. The maximum Gasteiger partial charge on any atom is 0.293 e. The summed E-state index contributed by atoms with van der Waals surface area (Å²) in [5, 5.41) is 2.23. The normalized spacial score (nSPS) is 15.0. The van der Waals surface area contributed by atoms with Gasteiger partial charge in [-0.15, -0.1) is 0 Å². The SMILES string of the molecule is CCc1cccc2c(/C=C3\SC(=O)N(Cc4ccc(Cl)c(Cl)c4)C3=O)cn(Cc3ccccc3Cl)c12. The second-order valence-corrected chi connectivity index (χ2v) is 10.7. The van der Waals surface area contributed by atoms with Crippen LogP contribution < -0.4 is 0 Å². The molecule has 36 heavy (non-hydrogen) atoms. The summed E-state index contributed by atoms with van der Waals surface area (Å²) in [6.07, 6.45) is 4.70. The molecule has 1 aliphatic rings. The van der Waals surface area contributed by atoms with Gasteiger partial charge < -0.3 is 4.57 Å². The standard InChI is InChI=1S/C28H21Cl3N2O2S/c1-2-18-7-5-8-21-20(16-32(26(18)21)15-19-6-3-4-9-22(19)29)13-25-27(34)33(28(35)36-25)14-17-10-11-23(30)24(31)12-17/h3-13,16H,2,14-15H2,1H3/b25-13-. The van der Waals surface area contributed by atoms with E-state index < -0.39 is 0 Å². The van der Waals surface area contributed by atoms with Gasteiger partial charge >= 0.3 is 0 Å². The number of aryl methyl sites for hydroxylation is 1. The molecule has 0 saturated carbocycles. The number of carbonyl (C=O) groups excluding carboxylic acids is 2. The summed E-state index contributed by atoms with van der Waals surface area (Å²) in [5.41, 5.74) is 4.92. The maximum atomic E-state index is 13.2. The Kier molecular flexibility index (Phi) is 7.18. The molecule has 4 nitrogen and oxygen atoms in total. The van der Waals surface area contributed by atoms with Crippen LogP contribution in [0.5, 0.6) is 0 Å². The third-order valence-electron chi connectivity index (χ3n) is 6.18. The largest absolute Gasteiger partial charge is 0.342 e. The zero-order valence-corrected chi connectivity index (χ0v) is 22.4. The van der Waals surface area contributed by atoms with E-state index in [-0.39, 0.29) is 17.7 Å². The molecule has 0 spiro atoms. The first-order valence-electron chi connectivity index (χ1n) is 11.4. The lowest BCUT2D eigenvalue weighted by Crippen LogP contribution is -2.27. The van der Waals surface area contributed by atoms with Crippen molar-refractivity contribution in [3.63, 3.8) is 0 Å². The molecule has 2 heterocycles. The molecule has 0 atom stereocenters. The molecule has 182 valence electrons. The van der Waals surface area contributed by atoms with Crippen molar-refractivity contribution in [1.29, 1.82) is 0 Å². The first-order chi connectivity index (χ1) is 17.4. The maximum absolute atomic E-state index is 13.2. The molecular weight excluding hydrogens is 535 g/mol. The second kappa shape index (κ2) is 10.3. The van der Waals surface area contributed by atoms with E-state index in [9.17, 15) is 9.59 Å². The number of fused-ring (bicyclic) bond motifs is 1. The molecule has 0 radical (unpaired) electrons. The van der Waals surface area contributed by atoms with Crippen molar-refractivity contribution in [2.75, 3.05) is 0 Å². The first-order valence-corrected chi connectivity index (χ1v) is 13.3. The number of rotatable bonds is 6. The molecule has 0 aliphatic carbocycles. The van der Waals surface area contributed by atoms with E-state index in [0.717, 1.165) is 45.8 Å². The van der Waals surface area contributed by atoms with Crippen LogP contribution in [0.25, 0.3) is 17.0 Å². The summed E-state index contributed by atoms with van der Waals surface area (Å²) >= 11 is 19.5. The van der Waals surface area contributed by atoms with Gasteiger partial charge in [-0.3, -0.25) is 14.5 Å². The highest BCUT2D eigenvalue weighted by Crippen LogP contribution is 2.36. The number of hydrogen-bond acceptors (Lipinski definition) is 3. The fourth-order valence-corrected chi connectivity index (χ4v) is 5.74. The average molecular weight is 556 g/mol. The lowest BCUT2D eigenvalue weighted by Gasteiger charge is -2.12. The van der Waals surface area contributed by atoms with Crippen LogP contribution in [-0.2, 0) is 24.3 Å². The smallest absolute Gasteiger partial charge is 0.293 e. The molecule has 1 aromatic heterocycles. The molecule has 8 heteroatoms. The van der Waals surface area contributed by atoms with Crippen molar-refractivity contribution in [3.8, 4) is 0 Å². The fraction of sp³-hybridized carbons (Fsp3) is 0.143. The number of carbonyl (C=O) groups is 2. The van der Waals surface area contributed by atoms with Crippen LogP contribution in [0.15, 0.2) is 71.8 Å². The second-order valence-electron chi connectivity index (χ2n) is 8.49. The van der Waals surface area contributed by atoms with Crippen molar-refractivity contribution in [3.05, 3.63) is 109 Å². The summed E-state index contributed by atoms with van der Waals surface area (Å²) in [4.78, 5) is 27.6. The number of nitrogens with zero attached hydrogens (tertiary/aromatic N) is 2. The van der Waals surface area contributed by atoms with Crippen LogP contribution in [-0.4, -0.2) is 20.6 Å². The van der Waals surface area contributed by atoms with E-state index in [4.69, 9.17) is 34.8 Å². The Balaban J connectivity index is 1.51. The van der Waals surface area contributed by atoms with E-state index in [1.54, 1.807) is 18.2 Å². The van der Waals surface area contributed by atoms with Crippen LogP contribution in [0, 0.1) is 0 Å². The highest BCUT2D eigenvalue weighted by molar-refractivity contribution is 8.18. The molecule has 4 aromatic rings. The molecule has 0 unspecified atom stereocenters. The third-order valence-corrected chi connectivity index (χ3v) is 8.19. The monoisotopic (exact) mass is 554 g/mol. The van der Waals surface area contributed by atoms with E-state index >= 15 is 0 Å². The van der Waals surface area contributed by atoms with Gasteiger partial charge in [-0.1, -0.05) is 84.2 Å². The number of halogens is 3. The van der Waals surface area contributed by atoms with Gasteiger partial charge in [-0.25, -0.2) is 0 Å². The van der Waals surface area contributed by atoms with Gasteiger partial charge in [0.05, 0.1) is 27.0 Å². The molecule has 1 saturated heterocycles. The fourth-order valence-electron chi connectivity index (χ4n) is 4.40. The summed E-state index contributed by atoms with van der Waals surface area (Å²) in [6.45, 7) is 2.85. The lowest BCUT2D eigenvalue weighted by atomic mass is 10.1. The van der Waals surface area contributed by atoms with Gasteiger partial charge in [0.25, 0.3) is 11.1 Å². The van der Waals surface area contributed by atoms with Gasteiger partial charge in [-0.2, -0.15) is 0 Å². The summed E-state index contributed by atoms with van der Waals surface area (Å²) in [7, 11) is 0. The van der Waals surface area contributed by atoms with Crippen LogP contribution in [0.3, 0.4) is 0 Å². The van der Waals surface area contributed by atoms with Gasteiger partial charge in [0, 0.05) is 28.7 Å². The zero-order chi connectivity index (χ0) is 25.4. The molecule has 5 rings (SSSR count). The topological polar surface area (TPSA) is 42.3 Å². The van der Waals surface area contributed by atoms with Gasteiger partial charge in [0.1, 0.15) is 0 Å². The number of amides is 2. The van der Waals surface area contributed by atoms with Crippen molar-refractivity contribution in [1.82, 2.24) is 9.47 Å². The van der Waals surface area contributed by atoms with Crippen LogP contribution in [0.4, 0.5) is 4.79 Å². The Morgan fingerprint density at radius 2 is 1.64 bits per heavy atom. The number of hydrogen-bond donors (Lipinski definition) is 0. The highest BCUT2D eigenvalue weighted by Gasteiger charge is 2.35. The minimum absolute atomic E-state index is 0.132. The van der Waals surface area contributed by atoms with E-state index in [1.165, 1.54) is 10.5 Å². The van der Waals surface area contributed by atoms with E-state index in [0.29, 0.717) is 26.5 Å².